The van der Waals surface area contributed by atoms with E-state index >= 15 is 0 Å². The van der Waals surface area contributed by atoms with Crippen LogP contribution in [0.25, 0.3) is 0 Å². The van der Waals surface area contributed by atoms with Gasteiger partial charge in [-0.1, -0.05) is 10.5 Å². The molecular formula is C19H22N4O5S. The molecule has 9 nitrogen and oxygen atoms in total. The van der Waals surface area contributed by atoms with Crippen LogP contribution in [0, 0.1) is 5.92 Å². The van der Waals surface area contributed by atoms with Crippen molar-refractivity contribution in [2.75, 3.05) is 26.0 Å². The fourth-order valence-electron chi connectivity index (χ4n) is 2.99. The fourth-order valence-corrected chi connectivity index (χ4v) is 3.96. The van der Waals surface area contributed by atoms with Gasteiger partial charge in [-0.25, -0.2) is 8.42 Å². The molecule has 2 amide bonds. The summed E-state index contributed by atoms with van der Waals surface area (Å²) in [6.45, 7) is 0.676. The predicted molar refractivity (Wildman–Crippen MR) is 105 cm³/mol. The number of hydrogen-bond acceptors (Lipinski definition) is 6. The highest BCUT2D eigenvalue weighted by atomic mass is 32.2. The van der Waals surface area contributed by atoms with Crippen molar-refractivity contribution in [3.8, 4) is 0 Å². The molecule has 1 unspecified atom stereocenters. The molecule has 1 atom stereocenters. The molecule has 0 spiro atoms. The summed E-state index contributed by atoms with van der Waals surface area (Å²) in [6.07, 6.45) is 1.79. The zero-order chi connectivity index (χ0) is 21.0. The van der Waals surface area contributed by atoms with E-state index in [4.69, 9.17) is 4.84 Å². The predicted octanol–water partition coefficient (Wildman–Crippen LogP) is 1.25. The van der Waals surface area contributed by atoms with Crippen molar-refractivity contribution in [2.45, 2.75) is 17.9 Å². The summed E-state index contributed by atoms with van der Waals surface area (Å²) in [5, 5.41) is 2.74. The van der Waals surface area contributed by atoms with Crippen LogP contribution in [0.3, 0.4) is 0 Å². The molecule has 1 aliphatic heterocycles. The first-order valence-corrected chi connectivity index (χ1v) is 10.4. The van der Waals surface area contributed by atoms with E-state index < -0.39 is 15.9 Å². The highest BCUT2D eigenvalue weighted by molar-refractivity contribution is 7.89. The van der Waals surface area contributed by atoms with Gasteiger partial charge in [0.1, 0.15) is 0 Å². The summed E-state index contributed by atoms with van der Waals surface area (Å²) in [4.78, 5) is 35.4. The van der Waals surface area contributed by atoms with Crippen molar-refractivity contribution in [2.24, 2.45) is 5.92 Å². The Bertz CT molecular complexity index is 979. The molecule has 0 aliphatic carbocycles. The van der Waals surface area contributed by atoms with E-state index in [1.54, 1.807) is 17.2 Å². The van der Waals surface area contributed by atoms with Crippen LogP contribution in [0.2, 0.25) is 0 Å². The lowest BCUT2D eigenvalue weighted by Gasteiger charge is -2.16. The monoisotopic (exact) mass is 418 g/mol. The number of anilines is 1. The SMILES string of the molecule is CON(C)S(=O)(=O)c1ccc(NC(=O)C2CC(=O)N(Cc3ccccn3)C2)cc1. The number of aromatic nitrogens is 1. The van der Waals surface area contributed by atoms with Crippen LogP contribution in [-0.4, -0.2) is 55.3 Å². The summed E-state index contributed by atoms with van der Waals surface area (Å²) in [6, 6.07) is 11.2. The van der Waals surface area contributed by atoms with E-state index in [2.05, 4.69) is 10.3 Å². The number of likely N-dealkylation sites (tertiary alicyclic amines) is 1. The number of pyridine rings is 1. The zero-order valence-corrected chi connectivity index (χ0v) is 16.9. The van der Waals surface area contributed by atoms with Crippen LogP contribution in [0.1, 0.15) is 12.1 Å². The van der Waals surface area contributed by atoms with Gasteiger partial charge in [0.25, 0.3) is 10.0 Å². The van der Waals surface area contributed by atoms with Crippen molar-refractivity contribution in [1.29, 1.82) is 0 Å². The molecule has 1 fully saturated rings. The molecule has 2 aromatic rings. The summed E-state index contributed by atoms with van der Waals surface area (Å²) in [5.41, 5.74) is 1.21. The van der Waals surface area contributed by atoms with Gasteiger partial charge in [-0.05, 0) is 36.4 Å². The van der Waals surface area contributed by atoms with Gasteiger partial charge in [-0.15, -0.1) is 0 Å². The third-order valence-electron chi connectivity index (χ3n) is 4.68. The molecule has 1 N–H and O–H groups in total. The van der Waals surface area contributed by atoms with Crippen LogP contribution < -0.4 is 5.32 Å². The molecule has 0 radical (unpaired) electrons. The molecule has 1 aliphatic rings. The van der Waals surface area contributed by atoms with E-state index in [1.807, 2.05) is 12.1 Å². The van der Waals surface area contributed by atoms with Gasteiger partial charge in [-0.2, -0.15) is 0 Å². The molecule has 10 heteroatoms. The van der Waals surface area contributed by atoms with Gasteiger partial charge in [0.15, 0.2) is 0 Å². The van der Waals surface area contributed by atoms with Gasteiger partial charge in [0, 0.05) is 31.9 Å². The number of amides is 2. The first-order chi connectivity index (χ1) is 13.8. The maximum atomic E-state index is 12.5. The Balaban J connectivity index is 1.61. The number of carbonyl (C=O) groups is 2. The zero-order valence-electron chi connectivity index (χ0n) is 16.1. The largest absolute Gasteiger partial charge is 0.336 e. The maximum Gasteiger partial charge on any atom is 0.264 e. The van der Waals surface area contributed by atoms with Gasteiger partial charge < -0.3 is 10.2 Å². The molecule has 0 saturated carbocycles. The molecule has 0 bridgehead atoms. The fraction of sp³-hybridized carbons (Fsp3) is 0.316. The first-order valence-electron chi connectivity index (χ1n) is 8.93. The molecule has 1 saturated heterocycles. The number of carbonyl (C=O) groups excluding carboxylic acids is 2. The van der Waals surface area contributed by atoms with Crippen LogP contribution in [0.4, 0.5) is 5.69 Å². The average Bonchev–Trinajstić information content (AvgIpc) is 3.09. The Morgan fingerprint density at radius 1 is 1.28 bits per heavy atom. The molecule has 1 aromatic heterocycles. The smallest absolute Gasteiger partial charge is 0.264 e. The quantitative estimate of drug-likeness (QED) is 0.678. The van der Waals surface area contributed by atoms with Crippen molar-refractivity contribution < 1.29 is 22.8 Å². The van der Waals surface area contributed by atoms with Gasteiger partial charge in [0.2, 0.25) is 11.8 Å². The van der Waals surface area contributed by atoms with Gasteiger partial charge in [-0.3, -0.25) is 19.4 Å². The minimum atomic E-state index is -3.75. The minimum absolute atomic E-state index is 0.0393. The van der Waals surface area contributed by atoms with Crippen molar-refractivity contribution in [3.05, 3.63) is 54.4 Å². The molecule has 3 rings (SSSR count). The number of nitrogens with one attached hydrogen (secondary N) is 1. The van der Waals surface area contributed by atoms with Gasteiger partial charge in [0.05, 0.1) is 30.2 Å². The van der Waals surface area contributed by atoms with Crippen LogP contribution in [-0.2, 0) is 31.0 Å². The number of benzene rings is 1. The lowest BCUT2D eigenvalue weighted by Crippen LogP contribution is -2.28. The Morgan fingerprint density at radius 2 is 2.00 bits per heavy atom. The molecular weight excluding hydrogens is 396 g/mol. The van der Waals surface area contributed by atoms with E-state index in [9.17, 15) is 18.0 Å². The highest BCUT2D eigenvalue weighted by Gasteiger charge is 2.34. The lowest BCUT2D eigenvalue weighted by molar-refractivity contribution is -0.128. The summed E-state index contributed by atoms with van der Waals surface area (Å²) >= 11 is 0. The Morgan fingerprint density at radius 3 is 2.62 bits per heavy atom. The second kappa shape index (κ2) is 8.68. The van der Waals surface area contributed by atoms with E-state index in [0.29, 0.717) is 18.8 Å². The molecule has 154 valence electrons. The number of nitrogens with zero attached hydrogens (tertiary/aromatic N) is 3. The second-order valence-corrected chi connectivity index (χ2v) is 8.54. The normalized spacial score (nSPS) is 17.0. The van der Waals surface area contributed by atoms with E-state index in [-0.39, 0.29) is 23.1 Å². The summed E-state index contributed by atoms with van der Waals surface area (Å²) < 4.78 is 25.1. The molecule has 1 aromatic carbocycles. The first kappa shape index (κ1) is 20.9. The number of hydroxylamine groups is 1. The highest BCUT2D eigenvalue weighted by Crippen LogP contribution is 2.22. The lowest BCUT2D eigenvalue weighted by atomic mass is 10.1. The number of rotatable bonds is 7. The average molecular weight is 418 g/mol. The summed E-state index contributed by atoms with van der Waals surface area (Å²) in [5.74, 6) is -0.861. The van der Waals surface area contributed by atoms with Crippen LogP contribution in [0.15, 0.2) is 53.6 Å². The Labute approximate surface area is 169 Å². The van der Waals surface area contributed by atoms with E-state index in [0.717, 1.165) is 10.2 Å². The van der Waals surface area contributed by atoms with Crippen LogP contribution in [0.5, 0.6) is 0 Å². The molecule has 2 heterocycles. The maximum absolute atomic E-state index is 12.5. The van der Waals surface area contributed by atoms with Crippen LogP contribution >= 0.6 is 0 Å². The van der Waals surface area contributed by atoms with Crippen molar-refractivity contribution >= 4 is 27.5 Å². The number of hydrogen-bond donors (Lipinski definition) is 1. The van der Waals surface area contributed by atoms with Gasteiger partial charge >= 0.3 is 0 Å². The van der Waals surface area contributed by atoms with Crippen molar-refractivity contribution in [3.63, 3.8) is 0 Å². The standard InChI is InChI=1S/C19H22N4O5S/c1-22(28-2)29(26,27)17-8-6-15(7-9-17)21-19(25)14-11-18(24)23(12-14)13-16-5-3-4-10-20-16/h3-10,14H,11-13H2,1-2H3,(H,21,25). The summed E-state index contributed by atoms with van der Waals surface area (Å²) in [7, 11) is -1.21. The van der Waals surface area contributed by atoms with Crippen molar-refractivity contribution in [1.82, 2.24) is 14.4 Å². The molecule has 29 heavy (non-hydrogen) atoms. The third kappa shape index (κ3) is 4.78. The third-order valence-corrected chi connectivity index (χ3v) is 6.37. The topological polar surface area (TPSA) is 109 Å². The van der Waals surface area contributed by atoms with E-state index in [1.165, 1.54) is 38.4 Å². The Kier molecular flexibility index (Phi) is 6.26. The Hall–Kier alpha value is -2.82. The second-order valence-electron chi connectivity index (χ2n) is 6.61. The minimum Gasteiger partial charge on any atom is -0.336 e. The number of sulfonamides is 1.